The fourth-order valence-electron chi connectivity index (χ4n) is 2.97. The molecule has 0 saturated carbocycles. The summed E-state index contributed by atoms with van der Waals surface area (Å²) >= 11 is 0. The van der Waals surface area contributed by atoms with Crippen molar-refractivity contribution >= 4 is 16.7 Å². The summed E-state index contributed by atoms with van der Waals surface area (Å²) in [5.74, 6) is 1.85. The van der Waals surface area contributed by atoms with Crippen LogP contribution in [0.1, 0.15) is 24.8 Å². The Labute approximate surface area is 120 Å². The van der Waals surface area contributed by atoms with Crippen molar-refractivity contribution in [2.24, 2.45) is 5.92 Å². The van der Waals surface area contributed by atoms with Crippen LogP contribution in [0.25, 0.3) is 10.9 Å². The lowest BCUT2D eigenvalue weighted by Crippen LogP contribution is -2.30. The SMILES string of the molecule is Cc1cc2ccccc2nc1NCCC1CCCNC1. The molecule has 1 atom stereocenters. The number of benzene rings is 1. The molecule has 1 fully saturated rings. The van der Waals surface area contributed by atoms with Crippen LogP contribution in [-0.4, -0.2) is 24.6 Å². The van der Waals surface area contributed by atoms with E-state index in [1.165, 1.54) is 43.3 Å². The summed E-state index contributed by atoms with van der Waals surface area (Å²) in [5.41, 5.74) is 2.30. The van der Waals surface area contributed by atoms with Crippen LogP contribution >= 0.6 is 0 Å². The maximum atomic E-state index is 4.73. The number of para-hydroxylation sites is 1. The van der Waals surface area contributed by atoms with Crippen molar-refractivity contribution in [3.05, 3.63) is 35.9 Å². The van der Waals surface area contributed by atoms with Gasteiger partial charge in [-0.15, -0.1) is 0 Å². The van der Waals surface area contributed by atoms with Crippen LogP contribution in [0.5, 0.6) is 0 Å². The smallest absolute Gasteiger partial charge is 0.129 e. The van der Waals surface area contributed by atoms with Crippen molar-refractivity contribution in [1.29, 1.82) is 0 Å². The van der Waals surface area contributed by atoms with Gasteiger partial charge < -0.3 is 10.6 Å². The summed E-state index contributed by atoms with van der Waals surface area (Å²) in [4.78, 5) is 4.73. The number of hydrogen-bond donors (Lipinski definition) is 2. The van der Waals surface area contributed by atoms with Gasteiger partial charge in [0.05, 0.1) is 5.52 Å². The minimum atomic E-state index is 0.817. The summed E-state index contributed by atoms with van der Waals surface area (Å²) < 4.78 is 0. The second kappa shape index (κ2) is 6.23. The van der Waals surface area contributed by atoms with Gasteiger partial charge in [-0.3, -0.25) is 0 Å². The van der Waals surface area contributed by atoms with Crippen LogP contribution in [0.15, 0.2) is 30.3 Å². The van der Waals surface area contributed by atoms with Gasteiger partial charge in [0.15, 0.2) is 0 Å². The average Bonchev–Trinajstić information content (AvgIpc) is 2.49. The average molecular weight is 269 g/mol. The van der Waals surface area contributed by atoms with E-state index in [0.717, 1.165) is 23.8 Å². The fourth-order valence-corrected chi connectivity index (χ4v) is 2.97. The highest BCUT2D eigenvalue weighted by Crippen LogP contribution is 2.20. The fraction of sp³-hybridized carbons (Fsp3) is 0.471. The van der Waals surface area contributed by atoms with Crippen LogP contribution in [0.4, 0.5) is 5.82 Å². The minimum Gasteiger partial charge on any atom is -0.370 e. The third-order valence-electron chi connectivity index (χ3n) is 4.16. The van der Waals surface area contributed by atoms with Gasteiger partial charge in [-0.05, 0) is 62.9 Å². The number of nitrogens with zero attached hydrogens (tertiary/aromatic N) is 1. The molecular weight excluding hydrogens is 246 g/mol. The van der Waals surface area contributed by atoms with E-state index in [9.17, 15) is 0 Å². The number of nitrogens with one attached hydrogen (secondary N) is 2. The largest absolute Gasteiger partial charge is 0.370 e. The lowest BCUT2D eigenvalue weighted by Gasteiger charge is -2.22. The zero-order valence-electron chi connectivity index (χ0n) is 12.2. The first-order valence-electron chi connectivity index (χ1n) is 7.64. The van der Waals surface area contributed by atoms with Gasteiger partial charge in [0.1, 0.15) is 5.82 Å². The molecule has 0 spiro atoms. The lowest BCUT2D eigenvalue weighted by molar-refractivity contribution is 0.364. The Bertz CT molecular complexity index is 573. The van der Waals surface area contributed by atoms with Crippen LogP contribution in [0.3, 0.4) is 0 Å². The highest BCUT2D eigenvalue weighted by molar-refractivity contribution is 5.81. The van der Waals surface area contributed by atoms with Gasteiger partial charge >= 0.3 is 0 Å². The molecule has 1 aromatic heterocycles. The molecule has 20 heavy (non-hydrogen) atoms. The van der Waals surface area contributed by atoms with Crippen molar-refractivity contribution in [2.45, 2.75) is 26.2 Å². The van der Waals surface area contributed by atoms with Crippen LogP contribution in [-0.2, 0) is 0 Å². The third-order valence-corrected chi connectivity index (χ3v) is 4.16. The number of pyridine rings is 1. The second-order valence-corrected chi connectivity index (χ2v) is 5.77. The second-order valence-electron chi connectivity index (χ2n) is 5.77. The summed E-state index contributed by atoms with van der Waals surface area (Å²) in [6.45, 7) is 5.50. The molecule has 0 bridgehead atoms. The Morgan fingerprint density at radius 3 is 3.10 bits per heavy atom. The molecule has 1 saturated heterocycles. The van der Waals surface area contributed by atoms with E-state index in [0.29, 0.717) is 0 Å². The molecule has 2 aromatic rings. The molecule has 1 aromatic carbocycles. The first-order chi connectivity index (χ1) is 9.83. The van der Waals surface area contributed by atoms with Crippen molar-refractivity contribution in [1.82, 2.24) is 10.3 Å². The predicted octanol–water partition coefficient (Wildman–Crippen LogP) is 3.34. The summed E-state index contributed by atoms with van der Waals surface area (Å²) in [6.07, 6.45) is 3.90. The number of aromatic nitrogens is 1. The van der Waals surface area contributed by atoms with Crippen molar-refractivity contribution in [3.8, 4) is 0 Å². The molecule has 2 N–H and O–H groups in total. The topological polar surface area (TPSA) is 37.0 Å². The van der Waals surface area contributed by atoms with E-state index in [2.05, 4.69) is 41.8 Å². The lowest BCUT2D eigenvalue weighted by atomic mass is 9.96. The summed E-state index contributed by atoms with van der Waals surface area (Å²) in [6, 6.07) is 10.5. The molecule has 0 aliphatic carbocycles. The number of anilines is 1. The number of rotatable bonds is 4. The molecule has 1 aliphatic rings. The van der Waals surface area contributed by atoms with E-state index in [4.69, 9.17) is 4.98 Å². The first kappa shape index (κ1) is 13.4. The molecule has 1 aliphatic heterocycles. The van der Waals surface area contributed by atoms with Gasteiger partial charge in [0, 0.05) is 11.9 Å². The van der Waals surface area contributed by atoms with Gasteiger partial charge in [0.25, 0.3) is 0 Å². The maximum absolute atomic E-state index is 4.73. The Kier molecular flexibility index (Phi) is 4.16. The molecule has 2 heterocycles. The Hall–Kier alpha value is -1.61. The molecule has 0 radical (unpaired) electrons. The van der Waals surface area contributed by atoms with Gasteiger partial charge in [-0.25, -0.2) is 4.98 Å². The molecule has 0 amide bonds. The quantitative estimate of drug-likeness (QED) is 0.894. The van der Waals surface area contributed by atoms with Crippen LogP contribution in [0.2, 0.25) is 0 Å². The summed E-state index contributed by atoms with van der Waals surface area (Å²) in [7, 11) is 0. The molecule has 3 nitrogen and oxygen atoms in total. The van der Waals surface area contributed by atoms with E-state index in [1.807, 2.05) is 6.07 Å². The molecular formula is C17H23N3. The molecule has 106 valence electrons. The van der Waals surface area contributed by atoms with E-state index < -0.39 is 0 Å². The Morgan fingerprint density at radius 1 is 1.35 bits per heavy atom. The van der Waals surface area contributed by atoms with E-state index in [1.54, 1.807) is 0 Å². The highest BCUT2D eigenvalue weighted by Gasteiger charge is 2.12. The first-order valence-corrected chi connectivity index (χ1v) is 7.64. The predicted molar refractivity (Wildman–Crippen MR) is 85.2 cm³/mol. The maximum Gasteiger partial charge on any atom is 0.129 e. The van der Waals surface area contributed by atoms with Gasteiger partial charge in [0.2, 0.25) is 0 Å². The van der Waals surface area contributed by atoms with Crippen LogP contribution in [0, 0.1) is 12.8 Å². The monoisotopic (exact) mass is 269 g/mol. The standard InChI is InChI=1S/C17H23N3/c1-13-11-15-6-2-3-7-16(15)20-17(13)19-10-8-14-5-4-9-18-12-14/h2-3,6-7,11,14,18H,4-5,8-10,12H2,1H3,(H,19,20). The summed E-state index contributed by atoms with van der Waals surface area (Å²) in [5, 5.41) is 8.20. The van der Waals surface area contributed by atoms with Crippen LogP contribution < -0.4 is 10.6 Å². The number of hydrogen-bond acceptors (Lipinski definition) is 3. The minimum absolute atomic E-state index is 0.817. The zero-order valence-corrected chi connectivity index (χ0v) is 12.2. The normalized spacial score (nSPS) is 19.1. The van der Waals surface area contributed by atoms with Crippen molar-refractivity contribution in [2.75, 3.05) is 25.0 Å². The number of piperidine rings is 1. The Balaban J connectivity index is 1.63. The molecule has 3 heteroatoms. The van der Waals surface area contributed by atoms with E-state index >= 15 is 0 Å². The number of fused-ring (bicyclic) bond motifs is 1. The Morgan fingerprint density at radius 2 is 2.25 bits per heavy atom. The van der Waals surface area contributed by atoms with Crippen molar-refractivity contribution < 1.29 is 0 Å². The van der Waals surface area contributed by atoms with Gasteiger partial charge in [-0.1, -0.05) is 18.2 Å². The third kappa shape index (κ3) is 3.10. The zero-order chi connectivity index (χ0) is 13.8. The molecule has 3 rings (SSSR count). The van der Waals surface area contributed by atoms with Crippen molar-refractivity contribution in [3.63, 3.8) is 0 Å². The highest BCUT2D eigenvalue weighted by atomic mass is 15.0. The molecule has 1 unspecified atom stereocenters. The van der Waals surface area contributed by atoms with E-state index in [-0.39, 0.29) is 0 Å². The number of aryl methyl sites for hydroxylation is 1. The van der Waals surface area contributed by atoms with Gasteiger partial charge in [-0.2, -0.15) is 0 Å².